The third kappa shape index (κ3) is 3.58. The topological polar surface area (TPSA) is 46.6 Å². The molecule has 3 fully saturated rings. The van der Waals surface area contributed by atoms with Crippen molar-refractivity contribution in [2.24, 2.45) is 0 Å². The van der Waals surface area contributed by atoms with E-state index in [4.69, 9.17) is 0 Å². The molecule has 1 unspecified atom stereocenters. The zero-order valence-electron chi connectivity index (χ0n) is 14.0. The van der Waals surface area contributed by atoms with Crippen molar-refractivity contribution in [3.05, 3.63) is 60.2 Å². The smallest absolute Gasteiger partial charge is 0.137 e. The number of hydrogen-bond donors (Lipinski definition) is 0. The second kappa shape index (κ2) is 7.58. The van der Waals surface area contributed by atoms with Crippen LogP contribution in [0.15, 0.2) is 54.6 Å². The fourth-order valence-corrected chi connectivity index (χ4v) is 4.03. The molecule has 0 N–H and O–H groups in total. The summed E-state index contributed by atoms with van der Waals surface area (Å²) >= 11 is 0. The van der Waals surface area contributed by atoms with Crippen LogP contribution < -0.4 is 5.11 Å². The van der Waals surface area contributed by atoms with Crippen LogP contribution in [0.2, 0.25) is 0 Å². The number of hydrogen-bond acceptors (Lipinski definition) is 3. The number of fused-ring (bicyclic) bond motifs is 4. The summed E-state index contributed by atoms with van der Waals surface area (Å²) < 4.78 is 0. The number of carboxylic acid groups (broad SMARTS) is 1. The Kier molecular flexibility index (Phi) is 5.45. The maximum Gasteiger partial charge on any atom is 0.137 e. The SMILES string of the molecule is Br.O=C([O-])N1CC(c2ccc(-c3ccccc3)cc2)N2CCC1CC2. The van der Waals surface area contributed by atoms with Gasteiger partial charge in [0, 0.05) is 25.7 Å². The molecule has 0 radical (unpaired) electrons. The van der Waals surface area contributed by atoms with Gasteiger partial charge in [-0.1, -0.05) is 54.6 Å². The number of nitrogens with zero attached hydrogens (tertiary/aromatic N) is 2. The van der Waals surface area contributed by atoms with Crippen molar-refractivity contribution < 1.29 is 9.90 Å². The molecule has 2 bridgehead atoms. The van der Waals surface area contributed by atoms with E-state index in [9.17, 15) is 9.90 Å². The Morgan fingerprint density at radius 1 is 0.920 bits per heavy atom. The lowest BCUT2D eigenvalue weighted by Crippen LogP contribution is -2.48. The second-order valence-corrected chi connectivity index (χ2v) is 6.69. The van der Waals surface area contributed by atoms with E-state index in [1.54, 1.807) is 4.90 Å². The Morgan fingerprint density at radius 2 is 1.52 bits per heavy atom. The number of benzene rings is 2. The van der Waals surface area contributed by atoms with Crippen molar-refractivity contribution in [3.8, 4) is 11.1 Å². The van der Waals surface area contributed by atoms with Gasteiger partial charge >= 0.3 is 0 Å². The van der Waals surface area contributed by atoms with Gasteiger partial charge in [-0.15, -0.1) is 17.0 Å². The zero-order chi connectivity index (χ0) is 16.5. The van der Waals surface area contributed by atoms with Crippen molar-refractivity contribution in [2.75, 3.05) is 19.6 Å². The molecule has 2 aromatic carbocycles. The van der Waals surface area contributed by atoms with Crippen LogP contribution in [0.1, 0.15) is 24.4 Å². The third-order valence-electron chi connectivity index (χ3n) is 5.39. The minimum absolute atomic E-state index is 0. The lowest BCUT2D eigenvalue weighted by molar-refractivity contribution is -0.268. The molecule has 5 heteroatoms. The summed E-state index contributed by atoms with van der Waals surface area (Å²) in [6.07, 6.45) is 0.786. The summed E-state index contributed by atoms with van der Waals surface area (Å²) in [6, 6.07) is 19.1. The Hall–Kier alpha value is -1.85. The summed E-state index contributed by atoms with van der Waals surface area (Å²) in [6.45, 7) is 2.43. The van der Waals surface area contributed by atoms with Gasteiger partial charge in [-0.2, -0.15) is 0 Å². The molecule has 3 heterocycles. The van der Waals surface area contributed by atoms with Crippen LogP contribution in [-0.2, 0) is 0 Å². The Bertz CT molecular complexity index is 712. The maximum atomic E-state index is 11.5. The van der Waals surface area contributed by atoms with E-state index in [2.05, 4.69) is 41.3 Å². The normalized spacial score (nSPS) is 25.1. The van der Waals surface area contributed by atoms with Gasteiger partial charge in [-0.3, -0.25) is 4.90 Å². The first-order valence-electron chi connectivity index (χ1n) is 8.59. The standard InChI is InChI=1S/C20H22N2O2.BrH/c23-20(24)22-14-19(21-12-10-18(22)11-13-21)17-8-6-16(7-9-17)15-4-2-1-3-5-15;/h1-9,18-19H,10-14H2,(H,23,24);1H/p-1. The number of amides is 1. The molecule has 3 aliphatic rings. The average molecular weight is 402 g/mol. The van der Waals surface area contributed by atoms with E-state index in [-0.39, 0.29) is 29.1 Å². The van der Waals surface area contributed by atoms with Crippen LogP contribution in [0.25, 0.3) is 11.1 Å². The molecular weight excluding hydrogens is 380 g/mol. The predicted molar refractivity (Wildman–Crippen MR) is 102 cm³/mol. The van der Waals surface area contributed by atoms with Crippen LogP contribution in [-0.4, -0.2) is 41.6 Å². The van der Waals surface area contributed by atoms with Gasteiger partial charge in [0.15, 0.2) is 0 Å². The van der Waals surface area contributed by atoms with Crippen molar-refractivity contribution in [3.63, 3.8) is 0 Å². The minimum Gasteiger partial charge on any atom is -0.530 e. The van der Waals surface area contributed by atoms with Crippen LogP contribution in [0.3, 0.4) is 0 Å². The first-order chi connectivity index (χ1) is 11.7. The minimum atomic E-state index is -1.03. The fourth-order valence-electron chi connectivity index (χ4n) is 4.03. The molecule has 1 atom stereocenters. The first-order valence-corrected chi connectivity index (χ1v) is 8.59. The molecule has 5 rings (SSSR count). The molecule has 3 aliphatic heterocycles. The predicted octanol–water partition coefficient (Wildman–Crippen LogP) is 3.10. The number of halogens is 1. The highest BCUT2D eigenvalue weighted by Crippen LogP contribution is 2.33. The molecule has 3 saturated heterocycles. The van der Waals surface area contributed by atoms with Crippen LogP contribution in [0.4, 0.5) is 4.79 Å². The number of piperidine rings is 1. The van der Waals surface area contributed by atoms with Crippen molar-refractivity contribution in [1.82, 2.24) is 9.80 Å². The molecule has 0 spiro atoms. The maximum absolute atomic E-state index is 11.5. The Morgan fingerprint density at radius 3 is 2.12 bits per heavy atom. The Labute approximate surface area is 158 Å². The van der Waals surface area contributed by atoms with Crippen molar-refractivity contribution in [2.45, 2.75) is 24.9 Å². The molecule has 0 aliphatic carbocycles. The van der Waals surface area contributed by atoms with E-state index in [0.29, 0.717) is 6.54 Å². The lowest BCUT2D eigenvalue weighted by atomic mass is 9.99. The highest BCUT2D eigenvalue weighted by Gasteiger charge is 2.35. The summed E-state index contributed by atoms with van der Waals surface area (Å²) in [7, 11) is 0. The van der Waals surface area contributed by atoms with E-state index >= 15 is 0 Å². The molecule has 1 amide bonds. The van der Waals surface area contributed by atoms with Gasteiger partial charge < -0.3 is 14.8 Å². The van der Waals surface area contributed by atoms with Gasteiger partial charge in [0.2, 0.25) is 0 Å². The summed E-state index contributed by atoms with van der Waals surface area (Å²) in [5.41, 5.74) is 3.56. The van der Waals surface area contributed by atoms with Crippen LogP contribution in [0.5, 0.6) is 0 Å². The third-order valence-corrected chi connectivity index (χ3v) is 5.39. The summed E-state index contributed by atoms with van der Waals surface area (Å²) in [5, 5.41) is 11.5. The van der Waals surface area contributed by atoms with Gasteiger partial charge in [-0.05, 0) is 29.5 Å². The molecule has 25 heavy (non-hydrogen) atoms. The van der Waals surface area contributed by atoms with Crippen LogP contribution in [0, 0.1) is 0 Å². The van der Waals surface area contributed by atoms with Gasteiger partial charge in [0.1, 0.15) is 6.09 Å². The van der Waals surface area contributed by atoms with Gasteiger partial charge in [-0.25, -0.2) is 0 Å². The number of rotatable bonds is 2. The highest BCUT2D eigenvalue weighted by atomic mass is 79.9. The van der Waals surface area contributed by atoms with E-state index in [1.165, 1.54) is 16.7 Å². The van der Waals surface area contributed by atoms with Gasteiger partial charge in [0.05, 0.1) is 6.04 Å². The summed E-state index contributed by atoms with van der Waals surface area (Å²) in [5.74, 6) is 0. The monoisotopic (exact) mass is 401 g/mol. The molecule has 2 aromatic rings. The molecule has 4 nitrogen and oxygen atoms in total. The fraction of sp³-hybridized carbons (Fsp3) is 0.350. The second-order valence-electron chi connectivity index (χ2n) is 6.69. The molecule has 132 valence electrons. The quantitative estimate of drug-likeness (QED) is 0.776. The number of carbonyl (C=O) groups excluding carboxylic acids is 1. The summed E-state index contributed by atoms with van der Waals surface area (Å²) in [4.78, 5) is 15.5. The lowest BCUT2D eigenvalue weighted by Gasteiger charge is -2.32. The first kappa shape index (κ1) is 18.0. The van der Waals surface area contributed by atoms with E-state index in [0.717, 1.165) is 25.9 Å². The van der Waals surface area contributed by atoms with Crippen LogP contribution >= 0.6 is 17.0 Å². The molecule has 0 aromatic heterocycles. The molecule has 0 saturated carbocycles. The van der Waals surface area contributed by atoms with Gasteiger partial charge in [0.25, 0.3) is 0 Å². The van der Waals surface area contributed by atoms with E-state index in [1.807, 2.05) is 18.2 Å². The zero-order valence-corrected chi connectivity index (χ0v) is 15.7. The van der Waals surface area contributed by atoms with E-state index < -0.39 is 6.09 Å². The largest absolute Gasteiger partial charge is 0.530 e. The Balaban J connectivity index is 0.00000182. The van der Waals surface area contributed by atoms with Crippen molar-refractivity contribution >= 4 is 23.1 Å². The molecular formula is C20H22BrN2O2-. The van der Waals surface area contributed by atoms with Crippen molar-refractivity contribution in [1.29, 1.82) is 0 Å². The highest BCUT2D eigenvalue weighted by molar-refractivity contribution is 8.93. The number of carbonyl (C=O) groups is 1. The average Bonchev–Trinajstić information content (AvgIpc) is 2.93.